The molecule has 0 fully saturated rings. The molecule has 184 valence electrons. The van der Waals surface area contributed by atoms with Gasteiger partial charge in [0.05, 0.1) is 29.1 Å². The predicted molar refractivity (Wildman–Crippen MR) is 143 cm³/mol. The highest BCUT2D eigenvalue weighted by Crippen LogP contribution is 2.35. The van der Waals surface area contributed by atoms with Crippen molar-refractivity contribution in [2.24, 2.45) is 0 Å². The Balaban J connectivity index is 1.40. The summed E-state index contributed by atoms with van der Waals surface area (Å²) in [6, 6.07) is 18.9. The van der Waals surface area contributed by atoms with Crippen LogP contribution in [-0.4, -0.2) is 40.0 Å². The number of aromatic nitrogens is 1. The molecule has 0 aliphatic carbocycles. The Labute approximate surface area is 213 Å². The summed E-state index contributed by atoms with van der Waals surface area (Å²) in [4.78, 5) is 17.9. The molecule has 0 atom stereocenters. The third-order valence-corrected chi connectivity index (χ3v) is 8.67. The number of nitrogens with zero attached hydrogens (tertiary/aromatic N) is 2. The van der Waals surface area contributed by atoms with E-state index in [1.165, 1.54) is 15.6 Å². The molecule has 5 rings (SSSR count). The molecule has 1 aromatic heterocycles. The fraction of sp³-hybridized carbons (Fsp3) is 0.154. The number of hydrogen-bond donors (Lipinski definition) is 2. The van der Waals surface area contributed by atoms with Crippen LogP contribution in [-0.2, 0) is 16.4 Å². The molecule has 0 saturated carbocycles. The Morgan fingerprint density at radius 2 is 1.89 bits per heavy atom. The third kappa shape index (κ3) is 4.40. The van der Waals surface area contributed by atoms with Crippen molar-refractivity contribution < 1.29 is 17.9 Å². The fourth-order valence-corrected chi connectivity index (χ4v) is 6.37. The Morgan fingerprint density at radius 3 is 2.61 bits per heavy atom. The zero-order valence-corrected chi connectivity index (χ0v) is 21.3. The highest BCUT2D eigenvalue weighted by atomic mass is 32.2. The van der Waals surface area contributed by atoms with Gasteiger partial charge in [-0.25, -0.2) is 13.4 Å². The highest BCUT2D eigenvalue weighted by Gasteiger charge is 2.31. The second-order valence-corrected chi connectivity index (χ2v) is 10.9. The van der Waals surface area contributed by atoms with Gasteiger partial charge in [0.25, 0.3) is 15.9 Å². The summed E-state index contributed by atoms with van der Waals surface area (Å²) in [6.45, 7) is 0.329. The normalized spacial score (nSPS) is 12.8. The van der Waals surface area contributed by atoms with Gasteiger partial charge in [-0.05, 0) is 60.5 Å². The van der Waals surface area contributed by atoms with Gasteiger partial charge in [0.2, 0.25) is 0 Å². The van der Waals surface area contributed by atoms with Gasteiger partial charge < -0.3 is 15.4 Å². The predicted octanol–water partition coefficient (Wildman–Crippen LogP) is 4.86. The number of anilines is 3. The summed E-state index contributed by atoms with van der Waals surface area (Å²) in [5, 5.41) is 8.69. The first-order valence-corrected chi connectivity index (χ1v) is 13.6. The zero-order valence-electron chi connectivity index (χ0n) is 19.7. The van der Waals surface area contributed by atoms with Crippen LogP contribution in [0.15, 0.2) is 77.0 Å². The van der Waals surface area contributed by atoms with Crippen LogP contribution in [0.4, 0.5) is 16.5 Å². The molecule has 8 nitrogen and oxygen atoms in total. The molecular formula is C26H24N4O4S2. The monoisotopic (exact) mass is 520 g/mol. The fourth-order valence-electron chi connectivity index (χ4n) is 4.16. The molecular weight excluding hydrogens is 496 g/mol. The number of methoxy groups -OCH3 is 1. The first kappa shape index (κ1) is 23.8. The number of ether oxygens (including phenoxy) is 1. The number of amides is 1. The summed E-state index contributed by atoms with van der Waals surface area (Å²) < 4.78 is 33.1. The Morgan fingerprint density at radius 1 is 1.08 bits per heavy atom. The van der Waals surface area contributed by atoms with Crippen LogP contribution in [0.25, 0.3) is 11.3 Å². The molecule has 1 aliphatic heterocycles. The lowest BCUT2D eigenvalue weighted by atomic mass is 10.1. The number of thiazole rings is 1. The number of benzene rings is 3. The van der Waals surface area contributed by atoms with Crippen molar-refractivity contribution in [2.75, 3.05) is 35.6 Å². The van der Waals surface area contributed by atoms with Crippen molar-refractivity contribution >= 4 is 43.8 Å². The minimum Gasteiger partial charge on any atom is -0.495 e. The molecule has 0 bridgehead atoms. The maximum atomic E-state index is 13.2. The average molecular weight is 521 g/mol. The average Bonchev–Trinajstić information content (AvgIpc) is 3.56. The molecule has 2 N–H and O–H groups in total. The summed E-state index contributed by atoms with van der Waals surface area (Å²) in [5.41, 5.74) is 4.00. The molecule has 1 aliphatic rings. The van der Waals surface area contributed by atoms with E-state index in [1.807, 2.05) is 24.6 Å². The van der Waals surface area contributed by atoms with Crippen molar-refractivity contribution in [1.82, 2.24) is 4.98 Å². The second-order valence-electron chi connectivity index (χ2n) is 8.14. The van der Waals surface area contributed by atoms with Crippen LogP contribution in [0.1, 0.15) is 15.9 Å². The van der Waals surface area contributed by atoms with Gasteiger partial charge in [-0.1, -0.05) is 18.2 Å². The van der Waals surface area contributed by atoms with Gasteiger partial charge in [0, 0.05) is 30.1 Å². The number of carbonyl (C=O) groups excluding carboxylic acids is 1. The van der Waals surface area contributed by atoms with E-state index in [1.54, 1.807) is 61.7 Å². The molecule has 2 heterocycles. The maximum absolute atomic E-state index is 13.2. The van der Waals surface area contributed by atoms with Crippen molar-refractivity contribution in [3.8, 4) is 17.0 Å². The van der Waals surface area contributed by atoms with Gasteiger partial charge in [0.1, 0.15) is 5.75 Å². The number of carbonyl (C=O) groups is 1. The SMILES string of the molecule is CNc1nc(-c2ccc(OC)c(NC(=O)c3ccc4c(c3)CCN4S(=O)(=O)c3ccccc3)c2)cs1. The first-order valence-electron chi connectivity index (χ1n) is 11.2. The number of fused-ring (bicyclic) bond motifs is 1. The lowest BCUT2D eigenvalue weighted by Gasteiger charge is -2.19. The van der Waals surface area contributed by atoms with E-state index in [4.69, 9.17) is 4.74 Å². The van der Waals surface area contributed by atoms with Gasteiger partial charge in [0.15, 0.2) is 5.13 Å². The minimum absolute atomic E-state index is 0.244. The lowest BCUT2D eigenvalue weighted by molar-refractivity contribution is 0.102. The number of hydrogen-bond acceptors (Lipinski definition) is 7. The molecule has 0 spiro atoms. The number of sulfonamides is 1. The van der Waals surface area contributed by atoms with Crippen LogP contribution in [0.3, 0.4) is 0 Å². The van der Waals surface area contributed by atoms with Gasteiger partial charge in [-0.15, -0.1) is 11.3 Å². The Bertz CT molecular complexity index is 1530. The molecule has 1 amide bonds. The number of nitrogens with one attached hydrogen (secondary N) is 2. The van der Waals surface area contributed by atoms with Gasteiger partial charge in [-0.3, -0.25) is 9.10 Å². The van der Waals surface area contributed by atoms with E-state index in [0.717, 1.165) is 22.0 Å². The largest absolute Gasteiger partial charge is 0.495 e. The van der Waals surface area contributed by atoms with Crippen molar-refractivity contribution in [1.29, 1.82) is 0 Å². The maximum Gasteiger partial charge on any atom is 0.264 e. The van der Waals surface area contributed by atoms with Gasteiger partial charge in [-0.2, -0.15) is 0 Å². The van der Waals surface area contributed by atoms with E-state index in [2.05, 4.69) is 15.6 Å². The molecule has 3 aromatic carbocycles. The first-order chi connectivity index (χ1) is 17.4. The molecule has 0 saturated heterocycles. The summed E-state index contributed by atoms with van der Waals surface area (Å²) in [7, 11) is -0.307. The highest BCUT2D eigenvalue weighted by molar-refractivity contribution is 7.92. The van der Waals surface area contributed by atoms with Crippen LogP contribution in [0.5, 0.6) is 5.75 Å². The smallest absolute Gasteiger partial charge is 0.264 e. The van der Waals surface area contributed by atoms with Crippen LogP contribution < -0.4 is 19.7 Å². The second kappa shape index (κ2) is 9.63. The van der Waals surface area contributed by atoms with Crippen molar-refractivity contribution in [3.05, 3.63) is 83.2 Å². The van der Waals surface area contributed by atoms with Gasteiger partial charge >= 0.3 is 0 Å². The van der Waals surface area contributed by atoms with Crippen molar-refractivity contribution in [2.45, 2.75) is 11.3 Å². The van der Waals surface area contributed by atoms with E-state index in [-0.39, 0.29) is 10.8 Å². The Kier molecular flexibility index (Phi) is 6.38. The molecule has 4 aromatic rings. The molecule has 0 radical (unpaired) electrons. The van der Waals surface area contributed by atoms with E-state index >= 15 is 0 Å². The van der Waals surface area contributed by atoms with E-state index < -0.39 is 10.0 Å². The summed E-state index contributed by atoms with van der Waals surface area (Å²) in [6.07, 6.45) is 0.527. The lowest BCUT2D eigenvalue weighted by Crippen LogP contribution is -2.29. The standard InChI is InChI=1S/C26H24N4O4S2/c1-27-26-29-22(16-35-26)17-9-11-24(34-2)21(15-17)28-25(31)19-8-10-23-18(14-19)12-13-30(23)36(32,33)20-6-4-3-5-7-20/h3-11,14-16H,12-13H2,1-2H3,(H,27,29)(H,28,31). The topological polar surface area (TPSA) is 101 Å². The van der Waals surface area contributed by atoms with Crippen LogP contribution in [0.2, 0.25) is 0 Å². The van der Waals surface area contributed by atoms with Crippen LogP contribution in [0, 0.1) is 0 Å². The molecule has 10 heteroatoms. The van der Waals surface area contributed by atoms with Crippen molar-refractivity contribution in [3.63, 3.8) is 0 Å². The molecule has 36 heavy (non-hydrogen) atoms. The Hall–Kier alpha value is -3.89. The zero-order chi connectivity index (χ0) is 25.3. The molecule has 0 unspecified atom stereocenters. The number of rotatable bonds is 7. The summed E-state index contributed by atoms with van der Waals surface area (Å²) >= 11 is 1.50. The summed E-state index contributed by atoms with van der Waals surface area (Å²) in [5.74, 6) is 0.212. The van der Waals surface area contributed by atoms with Crippen LogP contribution >= 0.6 is 11.3 Å². The van der Waals surface area contributed by atoms with E-state index in [0.29, 0.717) is 35.7 Å². The minimum atomic E-state index is -3.67. The van der Waals surface area contributed by atoms with E-state index in [9.17, 15) is 13.2 Å². The quantitative estimate of drug-likeness (QED) is 0.361. The third-order valence-electron chi connectivity index (χ3n) is 5.99.